The first-order chi connectivity index (χ1) is 14.3. The zero-order chi connectivity index (χ0) is 21.8. The molecule has 0 fully saturated rings. The zero-order valence-electron chi connectivity index (χ0n) is 16.2. The van der Waals surface area contributed by atoms with E-state index < -0.39 is 11.9 Å². The molecule has 0 saturated heterocycles. The average molecular weight is 425 g/mol. The molecular weight excluding hydrogens is 408 g/mol. The molecule has 3 rings (SSSR count). The highest BCUT2D eigenvalue weighted by molar-refractivity contribution is 6.34. The fourth-order valence-electron chi connectivity index (χ4n) is 2.85. The molecule has 2 aromatic carbocycles. The van der Waals surface area contributed by atoms with Crippen molar-refractivity contribution in [1.29, 1.82) is 0 Å². The third-order valence-corrected chi connectivity index (χ3v) is 4.63. The summed E-state index contributed by atoms with van der Waals surface area (Å²) in [6.45, 7) is 1.80. The Morgan fingerprint density at radius 1 is 1.30 bits per heavy atom. The summed E-state index contributed by atoms with van der Waals surface area (Å²) in [5.41, 5.74) is 1.74. The maximum atomic E-state index is 12.9. The molecule has 30 heavy (non-hydrogen) atoms. The van der Waals surface area contributed by atoms with Crippen molar-refractivity contribution in [1.82, 2.24) is 0 Å². The molecule has 1 aliphatic rings. The number of terminal acetylenes is 1. The minimum absolute atomic E-state index is 0.0774. The van der Waals surface area contributed by atoms with E-state index in [4.69, 9.17) is 27.5 Å². The van der Waals surface area contributed by atoms with E-state index in [1.165, 1.54) is 25.3 Å². The summed E-state index contributed by atoms with van der Waals surface area (Å²) in [5, 5.41) is 14.7. The van der Waals surface area contributed by atoms with Crippen LogP contribution in [0.25, 0.3) is 6.08 Å². The predicted molar refractivity (Wildman–Crippen MR) is 114 cm³/mol. The summed E-state index contributed by atoms with van der Waals surface area (Å²) in [5.74, 6) is 1.77. The Morgan fingerprint density at radius 3 is 2.73 bits per heavy atom. The Labute approximate surface area is 178 Å². The normalized spacial score (nSPS) is 14.5. The number of hydrogen-bond acceptors (Lipinski definition) is 5. The first kappa shape index (κ1) is 21.0. The minimum atomic E-state index is -1.19. The molecule has 0 radical (unpaired) electrons. The molecule has 1 aliphatic heterocycles. The van der Waals surface area contributed by atoms with Crippen LogP contribution in [0.4, 0.5) is 5.69 Å². The number of methoxy groups -OCH3 is 1. The number of carboxylic acids is 1. The SMILES string of the molecule is C#CCOc1ccc(/C=C2\C(=O)N(c3ccc(Cl)c(C(=O)O)c3)N=C2C)cc1OC. The van der Waals surface area contributed by atoms with Gasteiger partial charge in [0.15, 0.2) is 11.5 Å². The Hall–Kier alpha value is -3.76. The Morgan fingerprint density at radius 2 is 2.07 bits per heavy atom. The lowest BCUT2D eigenvalue weighted by Gasteiger charge is -2.13. The molecule has 152 valence electrons. The smallest absolute Gasteiger partial charge is 0.337 e. The summed E-state index contributed by atoms with van der Waals surface area (Å²) >= 11 is 5.91. The van der Waals surface area contributed by atoms with Gasteiger partial charge in [0.2, 0.25) is 0 Å². The number of hydrazone groups is 1. The Balaban J connectivity index is 1.92. The molecule has 7 nitrogen and oxygen atoms in total. The molecule has 0 saturated carbocycles. The van der Waals surface area contributed by atoms with Gasteiger partial charge in [-0.3, -0.25) is 4.79 Å². The largest absolute Gasteiger partial charge is 0.493 e. The molecule has 8 heteroatoms. The highest BCUT2D eigenvalue weighted by Crippen LogP contribution is 2.31. The molecule has 0 bridgehead atoms. The quantitative estimate of drug-likeness (QED) is 0.561. The number of rotatable bonds is 6. The van der Waals surface area contributed by atoms with Crippen molar-refractivity contribution >= 4 is 41.0 Å². The first-order valence-corrected chi connectivity index (χ1v) is 9.12. The highest BCUT2D eigenvalue weighted by Gasteiger charge is 2.29. The number of aromatic carboxylic acids is 1. The van der Waals surface area contributed by atoms with Crippen LogP contribution in [0.5, 0.6) is 11.5 Å². The van der Waals surface area contributed by atoms with E-state index in [9.17, 15) is 14.7 Å². The van der Waals surface area contributed by atoms with Crippen molar-refractivity contribution in [3.8, 4) is 23.8 Å². The molecule has 0 spiro atoms. The van der Waals surface area contributed by atoms with E-state index in [-0.39, 0.29) is 17.2 Å². The van der Waals surface area contributed by atoms with Gasteiger partial charge in [0.05, 0.1) is 34.7 Å². The maximum Gasteiger partial charge on any atom is 0.337 e. The van der Waals surface area contributed by atoms with Crippen molar-refractivity contribution in [2.45, 2.75) is 6.92 Å². The lowest BCUT2D eigenvalue weighted by atomic mass is 10.1. The van der Waals surface area contributed by atoms with Gasteiger partial charge in [0, 0.05) is 0 Å². The molecule has 0 atom stereocenters. The fraction of sp³-hybridized carbons (Fsp3) is 0.136. The molecule has 1 amide bonds. The standard InChI is InChI=1S/C22H17ClN2O5/c1-4-9-30-19-8-5-14(11-20(19)29-3)10-16-13(2)24-25(21(16)26)15-6-7-18(23)17(12-15)22(27)28/h1,5-8,10-12H,9H2,2-3H3,(H,27,28)/b16-10-. The van der Waals surface area contributed by atoms with Gasteiger partial charge in [0.25, 0.3) is 5.91 Å². The highest BCUT2D eigenvalue weighted by atomic mass is 35.5. The topological polar surface area (TPSA) is 88.4 Å². The number of halogens is 1. The summed E-state index contributed by atoms with van der Waals surface area (Å²) < 4.78 is 10.7. The van der Waals surface area contributed by atoms with Gasteiger partial charge in [-0.25, -0.2) is 4.79 Å². The van der Waals surface area contributed by atoms with Crippen LogP contribution in [0, 0.1) is 12.3 Å². The van der Waals surface area contributed by atoms with Crippen molar-refractivity contribution in [3.63, 3.8) is 0 Å². The number of carboxylic acid groups (broad SMARTS) is 1. The van der Waals surface area contributed by atoms with Crippen LogP contribution in [-0.4, -0.2) is 36.4 Å². The number of anilines is 1. The second kappa shape index (κ2) is 8.72. The van der Waals surface area contributed by atoms with Gasteiger partial charge in [-0.1, -0.05) is 23.6 Å². The number of benzene rings is 2. The van der Waals surface area contributed by atoms with Crippen LogP contribution in [0.1, 0.15) is 22.8 Å². The number of carbonyl (C=O) groups excluding carboxylic acids is 1. The minimum Gasteiger partial charge on any atom is -0.493 e. The lowest BCUT2D eigenvalue weighted by Crippen LogP contribution is -2.21. The third kappa shape index (κ3) is 4.14. The molecule has 0 aliphatic carbocycles. The molecule has 0 aromatic heterocycles. The van der Waals surface area contributed by atoms with Crippen LogP contribution in [0.15, 0.2) is 47.1 Å². The van der Waals surface area contributed by atoms with Gasteiger partial charge in [-0.15, -0.1) is 6.42 Å². The second-order valence-corrected chi connectivity index (χ2v) is 6.64. The van der Waals surface area contributed by atoms with Crippen LogP contribution in [0.2, 0.25) is 5.02 Å². The number of hydrogen-bond donors (Lipinski definition) is 1. The Kier molecular flexibility index (Phi) is 6.09. The predicted octanol–water partition coefficient (Wildman–Crippen LogP) is 3.86. The molecule has 1 N–H and O–H groups in total. The van der Waals surface area contributed by atoms with Gasteiger partial charge < -0.3 is 14.6 Å². The van der Waals surface area contributed by atoms with E-state index in [2.05, 4.69) is 11.0 Å². The monoisotopic (exact) mass is 424 g/mol. The molecule has 2 aromatic rings. The summed E-state index contributed by atoms with van der Waals surface area (Å²) in [6, 6.07) is 9.43. The van der Waals surface area contributed by atoms with E-state index in [0.29, 0.717) is 34.0 Å². The van der Waals surface area contributed by atoms with Crippen LogP contribution in [0.3, 0.4) is 0 Å². The molecule has 1 heterocycles. The Bertz CT molecular complexity index is 1130. The van der Waals surface area contributed by atoms with Crippen molar-refractivity contribution in [2.75, 3.05) is 18.7 Å². The molecule has 0 unspecified atom stereocenters. The fourth-order valence-corrected chi connectivity index (χ4v) is 3.05. The van der Waals surface area contributed by atoms with Gasteiger partial charge >= 0.3 is 5.97 Å². The summed E-state index contributed by atoms with van der Waals surface area (Å²) in [6.07, 6.45) is 6.88. The van der Waals surface area contributed by atoms with Crippen molar-refractivity contribution in [3.05, 3.63) is 58.1 Å². The zero-order valence-corrected chi connectivity index (χ0v) is 16.9. The maximum absolute atomic E-state index is 12.9. The van der Waals surface area contributed by atoms with E-state index in [1.54, 1.807) is 31.2 Å². The number of nitrogens with zero attached hydrogens (tertiary/aromatic N) is 2. The van der Waals surface area contributed by atoms with Gasteiger partial charge in [-0.2, -0.15) is 10.1 Å². The van der Waals surface area contributed by atoms with Crippen molar-refractivity contribution < 1.29 is 24.2 Å². The first-order valence-electron chi connectivity index (χ1n) is 8.74. The molecular formula is C22H17ClN2O5. The number of ether oxygens (including phenoxy) is 2. The lowest BCUT2D eigenvalue weighted by molar-refractivity contribution is -0.114. The third-order valence-electron chi connectivity index (χ3n) is 4.30. The van der Waals surface area contributed by atoms with Gasteiger partial charge in [0.1, 0.15) is 6.61 Å². The summed E-state index contributed by atoms with van der Waals surface area (Å²) in [7, 11) is 1.50. The van der Waals surface area contributed by atoms with Crippen LogP contribution >= 0.6 is 11.6 Å². The second-order valence-electron chi connectivity index (χ2n) is 6.23. The van der Waals surface area contributed by atoms with Crippen LogP contribution in [-0.2, 0) is 4.79 Å². The van der Waals surface area contributed by atoms with Gasteiger partial charge in [-0.05, 0) is 48.9 Å². The van der Waals surface area contributed by atoms with Crippen LogP contribution < -0.4 is 14.5 Å². The summed E-state index contributed by atoms with van der Waals surface area (Å²) in [4.78, 5) is 24.3. The number of carbonyl (C=O) groups is 2. The van der Waals surface area contributed by atoms with E-state index in [1.807, 2.05) is 0 Å². The van der Waals surface area contributed by atoms with E-state index >= 15 is 0 Å². The average Bonchev–Trinajstić information content (AvgIpc) is 3.01. The number of amides is 1. The van der Waals surface area contributed by atoms with Crippen molar-refractivity contribution in [2.24, 2.45) is 5.10 Å². The van der Waals surface area contributed by atoms with E-state index in [0.717, 1.165) is 5.01 Å².